The molecular weight excluding hydrogens is 265 g/mol. The average molecular weight is 283 g/mol. The summed E-state index contributed by atoms with van der Waals surface area (Å²) in [5.41, 5.74) is 5.91. The predicted molar refractivity (Wildman–Crippen MR) is 77.3 cm³/mol. The normalized spacial score (nSPS) is 16.5. The number of hydrogen-bond acceptors (Lipinski definition) is 3. The Morgan fingerprint density at radius 2 is 2.00 bits per heavy atom. The van der Waals surface area contributed by atoms with Crippen molar-refractivity contribution < 1.29 is 9.13 Å². The molecule has 0 unspecified atom stereocenters. The molecule has 0 amide bonds. The van der Waals surface area contributed by atoms with Gasteiger partial charge in [-0.15, -0.1) is 0 Å². The summed E-state index contributed by atoms with van der Waals surface area (Å²) in [4.78, 5) is 6.38. The molecule has 1 heterocycles. The summed E-state index contributed by atoms with van der Waals surface area (Å²) >= 11 is 1.94. The van der Waals surface area contributed by atoms with Crippen molar-refractivity contribution in [2.75, 3.05) is 37.7 Å². The van der Waals surface area contributed by atoms with Crippen LogP contribution >= 0.6 is 11.8 Å². The summed E-state index contributed by atoms with van der Waals surface area (Å²) in [7, 11) is 0. The molecule has 6 heteroatoms. The highest BCUT2D eigenvalue weighted by Gasteiger charge is 2.11. The topological polar surface area (TPSA) is 50.9 Å². The number of nitrogens with zero attached hydrogens (tertiary/aromatic N) is 2. The van der Waals surface area contributed by atoms with Gasteiger partial charge in [-0.25, -0.2) is 9.38 Å². The lowest BCUT2D eigenvalue weighted by Gasteiger charge is -2.27. The molecular formula is C13H18FN3OS. The second-order valence-corrected chi connectivity index (χ2v) is 5.37. The molecule has 1 aromatic rings. The Kier molecular flexibility index (Phi) is 5.32. The zero-order chi connectivity index (χ0) is 13.5. The molecule has 1 aliphatic heterocycles. The number of hydrogen-bond donors (Lipinski definition) is 1. The summed E-state index contributed by atoms with van der Waals surface area (Å²) < 4.78 is 18.1. The van der Waals surface area contributed by atoms with E-state index < -0.39 is 0 Å². The van der Waals surface area contributed by atoms with Gasteiger partial charge >= 0.3 is 0 Å². The van der Waals surface area contributed by atoms with Crippen molar-refractivity contribution in [2.45, 2.75) is 0 Å². The molecule has 4 nitrogen and oxygen atoms in total. The maximum atomic E-state index is 12.7. The van der Waals surface area contributed by atoms with Gasteiger partial charge in [0.25, 0.3) is 0 Å². The van der Waals surface area contributed by atoms with Crippen LogP contribution in [0.3, 0.4) is 0 Å². The van der Waals surface area contributed by atoms with Crippen molar-refractivity contribution in [3.05, 3.63) is 30.1 Å². The van der Waals surface area contributed by atoms with Crippen LogP contribution in [0.2, 0.25) is 0 Å². The third-order valence-corrected chi connectivity index (χ3v) is 3.73. The molecule has 1 aliphatic rings. The van der Waals surface area contributed by atoms with Crippen LogP contribution < -0.4 is 10.5 Å². The second kappa shape index (κ2) is 7.23. The molecule has 19 heavy (non-hydrogen) atoms. The molecule has 1 aromatic carbocycles. The van der Waals surface area contributed by atoms with Gasteiger partial charge < -0.3 is 15.4 Å². The molecule has 1 saturated heterocycles. The zero-order valence-corrected chi connectivity index (χ0v) is 11.5. The van der Waals surface area contributed by atoms with E-state index in [2.05, 4.69) is 9.89 Å². The SMILES string of the molecule is NC(=NCCOc1ccc(F)cc1)N1CCSCC1. The van der Waals surface area contributed by atoms with E-state index >= 15 is 0 Å². The van der Waals surface area contributed by atoms with Crippen molar-refractivity contribution in [3.63, 3.8) is 0 Å². The zero-order valence-electron chi connectivity index (χ0n) is 10.7. The number of benzene rings is 1. The first-order valence-electron chi connectivity index (χ1n) is 6.27. The van der Waals surface area contributed by atoms with Gasteiger partial charge in [0.05, 0.1) is 6.54 Å². The van der Waals surface area contributed by atoms with Crippen LogP contribution in [0.1, 0.15) is 0 Å². The maximum absolute atomic E-state index is 12.7. The molecule has 1 fully saturated rings. The Morgan fingerprint density at radius 1 is 1.32 bits per heavy atom. The number of halogens is 1. The minimum atomic E-state index is -0.266. The lowest BCUT2D eigenvalue weighted by molar-refractivity contribution is 0.327. The molecule has 0 spiro atoms. The highest BCUT2D eigenvalue weighted by Crippen LogP contribution is 2.11. The maximum Gasteiger partial charge on any atom is 0.191 e. The highest BCUT2D eigenvalue weighted by molar-refractivity contribution is 7.99. The lowest BCUT2D eigenvalue weighted by Crippen LogP contribution is -2.42. The summed E-state index contributed by atoms with van der Waals surface area (Å²) in [5, 5.41) is 0. The van der Waals surface area contributed by atoms with Crippen LogP contribution in [0.25, 0.3) is 0 Å². The molecule has 2 rings (SSSR count). The van der Waals surface area contributed by atoms with Gasteiger partial charge in [0.2, 0.25) is 0 Å². The Hall–Kier alpha value is -1.43. The fraction of sp³-hybridized carbons (Fsp3) is 0.462. The second-order valence-electron chi connectivity index (χ2n) is 4.14. The van der Waals surface area contributed by atoms with Crippen molar-refractivity contribution in [1.82, 2.24) is 4.90 Å². The third-order valence-electron chi connectivity index (χ3n) is 2.78. The summed E-state index contributed by atoms with van der Waals surface area (Å²) in [6.07, 6.45) is 0. The van der Waals surface area contributed by atoms with Gasteiger partial charge in [-0.3, -0.25) is 0 Å². The van der Waals surface area contributed by atoms with Gasteiger partial charge in [-0.05, 0) is 24.3 Å². The molecule has 2 N–H and O–H groups in total. The first-order valence-corrected chi connectivity index (χ1v) is 7.42. The van der Waals surface area contributed by atoms with Gasteiger partial charge in [0, 0.05) is 24.6 Å². The Labute approximate surface area is 116 Å². The standard InChI is InChI=1S/C13H18FN3OS/c14-11-1-3-12(4-2-11)18-8-5-16-13(15)17-6-9-19-10-7-17/h1-4H,5-10H2,(H2,15,16). The van der Waals surface area contributed by atoms with Gasteiger partial charge in [-0.1, -0.05) is 0 Å². The molecule has 0 atom stereocenters. The number of nitrogens with two attached hydrogens (primary N) is 1. The van der Waals surface area contributed by atoms with Crippen LogP contribution in [0, 0.1) is 5.82 Å². The van der Waals surface area contributed by atoms with E-state index in [0.29, 0.717) is 24.9 Å². The van der Waals surface area contributed by atoms with Crippen molar-refractivity contribution >= 4 is 17.7 Å². The third kappa shape index (κ3) is 4.63. The summed E-state index contributed by atoms with van der Waals surface area (Å²) in [6.45, 7) is 2.86. The lowest BCUT2D eigenvalue weighted by atomic mass is 10.3. The van der Waals surface area contributed by atoms with E-state index in [1.165, 1.54) is 12.1 Å². The van der Waals surface area contributed by atoms with Crippen LogP contribution in [-0.2, 0) is 0 Å². The monoisotopic (exact) mass is 283 g/mol. The largest absolute Gasteiger partial charge is 0.492 e. The first kappa shape index (κ1) is 14.0. The van der Waals surface area contributed by atoms with Gasteiger partial charge in [-0.2, -0.15) is 11.8 Å². The Balaban J connectivity index is 1.71. The number of thioether (sulfide) groups is 1. The van der Waals surface area contributed by atoms with Gasteiger partial charge in [0.15, 0.2) is 5.96 Å². The van der Waals surface area contributed by atoms with Crippen LogP contribution in [0.5, 0.6) is 5.75 Å². The number of rotatable bonds is 4. The van der Waals surface area contributed by atoms with E-state index in [0.717, 1.165) is 24.6 Å². The predicted octanol–water partition coefficient (Wildman–Crippen LogP) is 1.57. The molecule has 0 aromatic heterocycles. The quantitative estimate of drug-likeness (QED) is 0.518. The Bertz CT molecular complexity index is 418. The molecule has 0 saturated carbocycles. The number of guanidine groups is 1. The highest BCUT2D eigenvalue weighted by atomic mass is 32.2. The minimum absolute atomic E-state index is 0.266. The number of ether oxygens (including phenoxy) is 1. The van der Waals surface area contributed by atoms with Gasteiger partial charge in [0.1, 0.15) is 18.2 Å². The summed E-state index contributed by atoms with van der Waals surface area (Å²) in [5.74, 6) is 3.16. The smallest absolute Gasteiger partial charge is 0.191 e. The van der Waals surface area contributed by atoms with E-state index in [1.54, 1.807) is 12.1 Å². The van der Waals surface area contributed by atoms with E-state index in [9.17, 15) is 4.39 Å². The summed E-state index contributed by atoms with van der Waals surface area (Å²) in [6, 6.07) is 5.95. The van der Waals surface area contributed by atoms with E-state index in [1.807, 2.05) is 11.8 Å². The van der Waals surface area contributed by atoms with Crippen LogP contribution in [0.4, 0.5) is 4.39 Å². The molecule has 0 aliphatic carbocycles. The number of aliphatic imine (C=N–C) groups is 1. The van der Waals surface area contributed by atoms with Crippen molar-refractivity contribution in [2.24, 2.45) is 10.7 Å². The van der Waals surface area contributed by atoms with E-state index in [4.69, 9.17) is 10.5 Å². The van der Waals surface area contributed by atoms with Crippen molar-refractivity contribution in [1.29, 1.82) is 0 Å². The Morgan fingerprint density at radius 3 is 2.68 bits per heavy atom. The first-order chi connectivity index (χ1) is 9.25. The van der Waals surface area contributed by atoms with Crippen LogP contribution in [-0.4, -0.2) is 48.6 Å². The molecule has 0 radical (unpaired) electrons. The molecule has 0 bridgehead atoms. The fourth-order valence-corrected chi connectivity index (χ4v) is 2.65. The minimum Gasteiger partial charge on any atom is -0.492 e. The average Bonchev–Trinajstić information content (AvgIpc) is 2.46. The van der Waals surface area contributed by atoms with E-state index in [-0.39, 0.29) is 5.82 Å². The molecule has 104 valence electrons. The van der Waals surface area contributed by atoms with Crippen LogP contribution in [0.15, 0.2) is 29.3 Å². The fourth-order valence-electron chi connectivity index (χ4n) is 1.75. The van der Waals surface area contributed by atoms with Crippen molar-refractivity contribution in [3.8, 4) is 5.75 Å².